The molecular weight excluding hydrogens is 685 g/mol. The van der Waals surface area contributed by atoms with Crippen LogP contribution in [-0.4, -0.2) is 15.0 Å². The van der Waals surface area contributed by atoms with Crippen LogP contribution in [-0.2, 0) is 0 Å². The number of aromatic nitrogens is 3. The van der Waals surface area contributed by atoms with Crippen molar-refractivity contribution in [1.82, 2.24) is 15.0 Å². The van der Waals surface area contributed by atoms with Crippen molar-refractivity contribution in [3.05, 3.63) is 206 Å². The number of para-hydroxylation sites is 2. The van der Waals surface area contributed by atoms with Crippen molar-refractivity contribution in [1.29, 1.82) is 0 Å². The Bertz CT molecular complexity index is 2870. The average molecular weight is 719 g/mol. The fraction of sp³-hybridized carbons (Fsp3) is 0. The minimum absolute atomic E-state index is 0.627. The summed E-state index contributed by atoms with van der Waals surface area (Å²) in [6, 6.07) is 71.0. The summed E-state index contributed by atoms with van der Waals surface area (Å²) in [5.41, 5.74) is 12.1. The molecule has 0 saturated heterocycles. The van der Waals surface area contributed by atoms with E-state index in [4.69, 9.17) is 19.4 Å². The number of anilines is 3. The van der Waals surface area contributed by atoms with Crippen LogP contribution in [0.4, 0.5) is 17.1 Å². The first kappa shape index (κ1) is 33.0. The highest BCUT2D eigenvalue weighted by Crippen LogP contribution is 2.43. The summed E-state index contributed by atoms with van der Waals surface area (Å²) >= 11 is 0. The molecule has 0 aliphatic carbocycles. The van der Waals surface area contributed by atoms with Crippen molar-refractivity contribution >= 4 is 39.0 Å². The van der Waals surface area contributed by atoms with E-state index in [1.165, 1.54) is 11.1 Å². The maximum Gasteiger partial charge on any atom is 0.164 e. The van der Waals surface area contributed by atoms with Gasteiger partial charge in [-0.15, -0.1) is 0 Å². The molecule has 0 fully saturated rings. The van der Waals surface area contributed by atoms with Crippen LogP contribution in [0.5, 0.6) is 0 Å². The van der Waals surface area contributed by atoms with Gasteiger partial charge in [-0.3, -0.25) is 0 Å². The molecule has 0 unspecified atom stereocenters. The zero-order valence-electron chi connectivity index (χ0n) is 30.3. The molecular formula is C51H34N4O. The quantitative estimate of drug-likeness (QED) is 0.157. The van der Waals surface area contributed by atoms with E-state index >= 15 is 0 Å². The van der Waals surface area contributed by atoms with Crippen LogP contribution >= 0.6 is 0 Å². The van der Waals surface area contributed by atoms with Crippen LogP contribution in [0.3, 0.4) is 0 Å². The van der Waals surface area contributed by atoms with Crippen molar-refractivity contribution in [2.24, 2.45) is 0 Å². The number of hydrogen-bond acceptors (Lipinski definition) is 5. The van der Waals surface area contributed by atoms with Crippen LogP contribution in [0.1, 0.15) is 0 Å². The maximum absolute atomic E-state index is 6.80. The van der Waals surface area contributed by atoms with Crippen LogP contribution in [0, 0.1) is 0 Å². The first-order chi connectivity index (χ1) is 27.7. The molecule has 5 nitrogen and oxygen atoms in total. The average Bonchev–Trinajstić information content (AvgIpc) is 3.67. The van der Waals surface area contributed by atoms with E-state index in [0.29, 0.717) is 17.5 Å². The molecule has 0 aliphatic heterocycles. The van der Waals surface area contributed by atoms with Gasteiger partial charge in [0.1, 0.15) is 5.58 Å². The molecule has 0 bridgehead atoms. The van der Waals surface area contributed by atoms with Crippen LogP contribution in [0.15, 0.2) is 211 Å². The van der Waals surface area contributed by atoms with Gasteiger partial charge in [-0.1, -0.05) is 164 Å². The van der Waals surface area contributed by atoms with Crippen molar-refractivity contribution in [3.8, 4) is 56.4 Å². The van der Waals surface area contributed by atoms with Gasteiger partial charge in [0.2, 0.25) is 0 Å². The molecule has 0 spiro atoms. The maximum atomic E-state index is 6.80. The van der Waals surface area contributed by atoms with E-state index in [0.717, 1.165) is 66.8 Å². The zero-order chi connectivity index (χ0) is 37.3. The van der Waals surface area contributed by atoms with E-state index in [1.807, 2.05) is 72.8 Å². The second-order valence-electron chi connectivity index (χ2n) is 13.7. The molecule has 0 radical (unpaired) electrons. The highest BCUT2D eigenvalue weighted by Gasteiger charge is 2.20. The third kappa shape index (κ3) is 6.27. The Kier molecular flexibility index (Phi) is 8.43. The molecule has 2 aromatic heterocycles. The summed E-state index contributed by atoms with van der Waals surface area (Å²) < 4.78 is 6.80. The Hall–Kier alpha value is -7.63. The van der Waals surface area contributed by atoms with Crippen LogP contribution < -0.4 is 4.90 Å². The van der Waals surface area contributed by atoms with Gasteiger partial charge < -0.3 is 9.32 Å². The molecule has 10 aromatic rings. The van der Waals surface area contributed by atoms with Gasteiger partial charge >= 0.3 is 0 Å². The van der Waals surface area contributed by atoms with Crippen molar-refractivity contribution < 1.29 is 4.42 Å². The Morgan fingerprint density at radius 1 is 0.321 bits per heavy atom. The Morgan fingerprint density at radius 2 is 0.750 bits per heavy atom. The lowest BCUT2D eigenvalue weighted by atomic mass is 10.0. The molecule has 0 N–H and O–H groups in total. The molecule has 0 atom stereocenters. The minimum atomic E-state index is 0.627. The predicted octanol–water partition coefficient (Wildman–Crippen LogP) is 13.6. The largest absolute Gasteiger partial charge is 0.454 e. The number of rotatable bonds is 8. The monoisotopic (exact) mass is 718 g/mol. The number of furan rings is 1. The molecule has 0 aliphatic rings. The SMILES string of the molecule is c1ccc(-c2ccc(N(c3ccccc3)c3cccc4c3oc3cc(-c5ccc(-c6nc(-c7ccccc7)nc(-c7ccccc7)n6)cc5)ccc34)cc2)cc1. The van der Waals surface area contributed by atoms with Crippen molar-refractivity contribution in [2.45, 2.75) is 0 Å². The van der Waals surface area contributed by atoms with E-state index in [1.54, 1.807) is 0 Å². The van der Waals surface area contributed by atoms with Gasteiger partial charge in [-0.25, -0.2) is 15.0 Å². The molecule has 0 amide bonds. The number of nitrogens with zero attached hydrogens (tertiary/aromatic N) is 4. The van der Waals surface area contributed by atoms with E-state index in [-0.39, 0.29) is 0 Å². The van der Waals surface area contributed by atoms with Gasteiger partial charge in [0.05, 0.1) is 5.69 Å². The van der Waals surface area contributed by atoms with Crippen molar-refractivity contribution in [3.63, 3.8) is 0 Å². The molecule has 0 saturated carbocycles. The van der Waals surface area contributed by atoms with E-state index < -0.39 is 0 Å². The molecule has 5 heteroatoms. The molecule has 2 heterocycles. The summed E-state index contributed by atoms with van der Waals surface area (Å²) in [5.74, 6) is 1.91. The molecule has 8 aromatic carbocycles. The minimum Gasteiger partial charge on any atom is -0.454 e. The van der Waals surface area contributed by atoms with Gasteiger partial charge in [-0.05, 0) is 64.7 Å². The Morgan fingerprint density at radius 3 is 1.34 bits per heavy atom. The third-order valence-electron chi connectivity index (χ3n) is 10.1. The Labute approximate surface area is 324 Å². The molecule has 56 heavy (non-hydrogen) atoms. The second-order valence-corrected chi connectivity index (χ2v) is 13.7. The predicted molar refractivity (Wildman–Crippen MR) is 229 cm³/mol. The lowest BCUT2D eigenvalue weighted by Crippen LogP contribution is -2.10. The lowest BCUT2D eigenvalue weighted by Gasteiger charge is -2.25. The standard InChI is InChI=1S/C51H34N4O/c1-5-14-35(15-6-1)36-28-31-43(32-29-36)55(42-20-11-4-12-21-42)46-23-13-22-45-44-33-30-41(34-47(44)56-48(45)46)37-24-26-40(27-25-37)51-53-49(38-16-7-2-8-17-38)52-50(54-51)39-18-9-3-10-19-39/h1-34H. The number of benzene rings is 8. The summed E-state index contributed by atoms with van der Waals surface area (Å²) in [6.07, 6.45) is 0. The summed E-state index contributed by atoms with van der Waals surface area (Å²) in [6.45, 7) is 0. The fourth-order valence-corrected chi connectivity index (χ4v) is 7.33. The highest BCUT2D eigenvalue weighted by atomic mass is 16.3. The Balaban J connectivity index is 1.01. The second kappa shape index (κ2) is 14.3. The van der Waals surface area contributed by atoms with Gasteiger partial charge in [0.25, 0.3) is 0 Å². The van der Waals surface area contributed by atoms with Crippen molar-refractivity contribution in [2.75, 3.05) is 4.90 Å². The molecule has 10 rings (SSSR count). The van der Waals surface area contributed by atoms with E-state index in [2.05, 4.69) is 138 Å². The highest BCUT2D eigenvalue weighted by molar-refractivity contribution is 6.11. The zero-order valence-corrected chi connectivity index (χ0v) is 30.3. The van der Waals surface area contributed by atoms with Crippen LogP contribution in [0.25, 0.3) is 78.4 Å². The first-order valence-corrected chi connectivity index (χ1v) is 18.7. The topological polar surface area (TPSA) is 55.1 Å². The first-order valence-electron chi connectivity index (χ1n) is 18.7. The van der Waals surface area contributed by atoms with Gasteiger partial charge in [-0.2, -0.15) is 0 Å². The van der Waals surface area contributed by atoms with Gasteiger partial charge in [0.15, 0.2) is 23.1 Å². The lowest BCUT2D eigenvalue weighted by molar-refractivity contribution is 0.669. The summed E-state index contributed by atoms with van der Waals surface area (Å²) in [5, 5.41) is 2.14. The fourth-order valence-electron chi connectivity index (χ4n) is 7.33. The van der Waals surface area contributed by atoms with Crippen LogP contribution in [0.2, 0.25) is 0 Å². The number of hydrogen-bond donors (Lipinski definition) is 0. The summed E-state index contributed by atoms with van der Waals surface area (Å²) in [4.78, 5) is 16.9. The molecule has 264 valence electrons. The third-order valence-corrected chi connectivity index (χ3v) is 10.1. The smallest absolute Gasteiger partial charge is 0.164 e. The van der Waals surface area contributed by atoms with Gasteiger partial charge in [0, 0.05) is 38.8 Å². The summed E-state index contributed by atoms with van der Waals surface area (Å²) in [7, 11) is 0. The normalized spacial score (nSPS) is 11.2. The number of fused-ring (bicyclic) bond motifs is 3. The van der Waals surface area contributed by atoms with E-state index in [9.17, 15) is 0 Å².